The fourth-order valence-corrected chi connectivity index (χ4v) is 5.10. The normalized spacial score (nSPS) is 20.2. The van der Waals surface area contributed by atoms with Gasteiger partial charge in [0.1, 0.15) is 0 Å². The third-order valence-corrected chi connectivity index (χ3v) is 7.04. The Kier molecular flexibility index (Phi) is 7.81. The molecule has 1 atom stereocenters. The number of benzene rings is 1. The number of hydrogen-bond donors (Lipinski definition) is 1. The van der Waals surface area contributed by atoms with Crippen molar-refractivity contribution >= 4 is 11.8 Å². The fourth-order valence-electron chi connectivity index (χ4n) is 5.10. The van der Waals surface area contributed by atoms with Gasteiger partial charge in [0.15, 0.2) is 0 Å². The summed E-state index contributed by atoms with van der Waals surface area (Å²) in [7, 11) is 0. The molecule has 33 heavy (non-hydrogen) atoms. The maximum Gasteiger partial charge on any atom is 0.242 e. The Morgan fingerprint density at radius 2 is 1.88 bits per heavy atom. The van der Waals surface area contributed by atoms with Crippen LogP contribution in [0.1, 0.15) is 61.0 Å². The summed E-state index contributed by atoms with van der Waals surface area (Å²) in [6.45, 7) is 5.56. The molecule has 0 radical (unpaired) electrons. The number of amides is 2. The van der Waals surface area contributed by atoms with E-state index in [9.17, 15) is 9.59 Å². The van der Waals surface area contributed by atoms with Crippen LogP contribution in [0.15, 0.2) is 30.3 Å². The van der Waals surface area contributed by atoms with Crippen molar-refractivity contribution in [1.82, 2.24) is 20.0 Å². The van der Waals surface area contributed by atoms with Crippen molar-refractivity contribution < 1.29 is 14.3 Å². The predicted octanol–water partition coefficient (Wildman–Crippen LogP) is 3.55. The lowest BCUT2D eigenvalue weighted by molar-refractivity contribution is -0.140. The van der Waals surface area contributed by atoms with E-state index < -0.39 is 0 Å². The van der Waals surface area contributed by atoms with Gasteiger partial charge in [-0.2, -0.15) is 5.10 Å². The monoisotopic (exact) mass is 452 g/mol. The highest BCUT2D eigenvalue weighted by molar-refractivity contribution is 5.85. The van der Waals surface area contributed by atoms with Gasteiger partial charge in [-0.15, -0.1) is 0 Å². The molecule has 2 aromatic rings. The maximum absolute atomic E-state index is 13.3. The first-order valence-electron chi connectivity index (χ1n) is 12.2. The summed E-state index contributed by atoms with van der Waals surface area (Å²) in [5.74, 6) is 0.0545. The predicted molar refractivity (Wildman–Crippen MR) is 127 cm³/mol. The van der Waals surface area contributed by atoms with Crippen LogP contribution in [0, 0.1) is 13.8 Å². The van der Waals surface area contributed by atoms with E-state index >= 15 is 0 Å². The van der Waals surface area contributed by atoms with Gasteiger partial charge in [-0.3, -0.25) is 14.7 Å². The van der Waals surface area contributed by atoms with Crippen molar-refractivity contribution in [2.24, 2.45) is 0 Å². The fraction of sp³-hybridized carbons (Fsp3) is 0.577. The summed E-state index contributed by atoms with van der Waals surface area (Å²) in [6, 6.07) is 10.3. The summed E-state index contributed by atoms with van der Waals surface area (Å²) >= 11 is 0. The summed E-state index contributed by atoms with van der Waals surface area (Å²) in [4.78, 5) is 30.2. The molecule has 0 spiro atoms. The highest BCUT2D eigenvalue weighted by Crippen LogP contribution is 2.25. The number of carbonyl (C=O) groups excluding carboxylic acids is 2. The van der Waals surface area contributed by atoms with E-state index in [0.717, 1.165) is 48.2 Å². The summed E-state index contributed by atoms with van der Waals surface area (Å²) in [5, 5.41) is 7.21. The highest BCUT2D eigenvalue weighted by atomic mass is 16.5. The molecular weight excluding hydrogens is 416 g/mol. The van der Waals surface area contributed by atoms with Gasteiger partial charge in [0.2, 0.25) is 11.8 Å². The number of nitrogens with one attached hydrogen (secondary N) is 1. The van der Waals surface area contributed by atoms with Crippen molar-refractivity contribution in [2.45, 2.75) is 77.5 Å². The zero-order chi connectivity index (χ0) is 23.2. The van der Waals surface area contributed by atoms with Crippen molar-refractivity contribution in [3.05, 3.63) is 52.8 Å². The highest BCUT2D eigenvalue weighted by Gasteiger charge is 2.34. The standard InChI is InChI=1S/C26H36N4O3/c1-19-24(20(2)28-27-19)13-14-25(31)29-15-23(33-18-21-9-5-3-6-10-21)16-30(26(32)17-29)22-11-7-4-8-12-22/h3,5-6,9-10,22-23H,4,7-8,11-18H2,1-2H3,(H,27,28)/t23-/m1/s1. The molecule has 1 aromatic carbocycles. The van der Waals surface area contributed by atoms with Crippen molar-refractivity contribution in [2.75, 3.05) is 19.6 Å². The van der Waals surface area contributed by atoms with E-state index in [2.05, 4.69) is 10.2 Å². The maximum atomic E-state index is 13.3. The molecule has 2 fully saturated rings. The molecule has 7 heteroatoms. The first-order valence-corrected chi connectivity index (χ1v) is 12.2. The number of aryl methyl sites for hydroxylation is 2. The van der Waals surface area contributed by atoms with E-state index in [1.54, 1.807) is 4.90 Å². The Labute approximate surface area is 196 Å². The van der Waals surface area contributed by atoms with Gasteiger partial charge >= 0.3 is 0 Å². The average molecular weight is 453 g/mol. The lowest BCUT2D eigenvalue weighted by Crippen LogP contribution is -2.46. The van der Waals surface area contributed by atoms with Crippen LogP contribution < -0.4 is 0 Å². The minimum absolute atomic E-state index is 0.00200. The molecule has 7 nitrogen and oxygen atoms in total. The topological polar surface area (TPSA) is 78.5 Å². The zero-order valence-electron chi connectivity index (χ0n) is 19.9. The average Bonchev–Trinajstić information content (AvgIpc) is 3.05. The van der Waals surface area contributed by atoms with Gasteiger partial charge in [-0.05, 0) is 44.2 Å². The molecule has 1 saturated carbocycles. The number of aromatic amines is 1. The second kappa shape index (κ2) is 11.0. The number of aromatic nitrogens is 2. The summed E-state index contributed by atoms with van der Waals surface area (Å²) in [5.41, 5.74) is 4.12. The van der Waals surface area contributed by atoms with Crippen LogP contribution in [0.4, 0.5) is 0 Å². The molecule has 1 aliphatic carbocycles. The van der Waals surface area contributed by atoms with Crippen LogP contribution in [-0.2, 0) is 27.4 Å². The van der Waals surface area contributed by atoms with Gasteiger partial charge in [-0.1, -0.05) is 49.6 Å². The molecule has 1 aliphatic heterocycles. The summed E-state index contributed by atoms with van der Waals surface area (Å²) in [6.07, 6.45) is 6.45. The Hall–Kier alpha value is -2.67. The van der Waals surface area contributed by atoms with Crippen molar-refractivity contribution in [3.8, 4) is 0 Å². The second-order valence-electron chi connectivity index (χ2n) is 9.44. The smallest absolute Gasteiger partial charge is 0.242 e. The van der Waals surface area contributed by atoms with Crippen molar-refractivity contribution in [1.29, 1.82) is 0 Å². The van der Waals surface area contributed by atoms with Gasteiger partial charge < -0.3 is 14.5 Å². The number of ether oxygens (including phenoxy) is 1. The van der Waals surface area contributed by atoms with E-state index in [4.69, 9.17) is 4.74 Å². The van der Waals surface area contributed by atoms with Gasteiger partial charge in [-0.25, -0.2) is 0 Å². The van der Waals surface area contributed by atoms with E-state index in [1.165, 1.54) is 6.42 Å². The minimum atomic E-state index is -0.195. The van der Waals surface area contributed by atoms with Crippen LogP contribution in [0.25, 0.3) is 0 Å². The van der Waals surface area contributed by atoms with E-state index in [-0.39, 0.29) is 30.5 Å². The molecule has 0 unspecified atom stereocenters. The zero-order valence-corrected chi connectivity index (χ0v) is 19.9. The minimum Gasteiger partial charge on any atom is -0.370 e. The van der Waals surface area contributed by atoms with Crippen LogP contribution in [0.2, 0.25) is 0 Å². The quantitative estimate of drug-likeness (QED) is 0.697. The Morgan fingerprint density at radius 3 is 2.58 bits per heavy atom. The van der Waals surface area contributed by atoms with Crippen LogP contribution in [0.3, 0.4) is 0 Å². The molecule has 0 bridgehead atoms. The van der Waals surface area contributed by atoms with Gasteiger partial charge in [0.25, 0.3) is 0 Å². The Bertz CT molecular complexity index is 917. The third-order valence-electron chi connectivity index (χ3n) is 7.04. The Morgan fingerprint density at radius 1 is 1.12 bits per heavy atom. The van der Waals surface area contributed by atoms with Crippen LogP contribution in [-0.4, -0.2) is 63.6 Å². The molecule has 1 aromatic heterocycles. The van der Waals surface area contributed by atoms with Gasteiger partial charge in [0, 0.05) is 31.2 Å². The van der Waals surface area contributed by atoms with Gasteiger partial charge in [0.05, 0.1) is 24.9 Å². The first kappa shape index (κ1) is 23.5. The molecule has 2 heterocycles. The SMILES string of the molecule is Cc1n[nH]c(C)c1CCC(=O)N1CC(=O)N(C2CCCCC2)C[C@H](OCc2ccccc2)C1. The molecule has 4 rings (SSSR count). The number of rotatable bonds is 7. The largest absolute Gasteiger partial charge is 0.370 e. The Balaban J connectivity index is 1.45. The molecule has 1 saturated heterocycles. The molecule has 178 valence electrons. The van der Waals surface area contributed by atoms with Crippen molar-refractivity contribution in [3.63, 3.8) is 0 Å². The van der Waals surface area contributed by atoms with Crippen LogP contribution >= 0.6 is 0 Å². The molecule has 1 N–H and O–H groups in total. The first-order chi connectivity index (χ1) is 16.0. The molecular formula is C26H36N4O3. The van der Waals surface area contributed by atoms with Crippen LogP contribution in [0.5, 0.6) is 0 Å². The van der Waals surface area contributed by atoms with E-state index in [1.807, 2.05) is 49.1 Å². The lowest BCUT2D eigenvalue weighted by Gasteiger charge is -2.34. The third kappa shape index (κ3) is 6.02. The number of carbonyl (C=O) groups is 2. The lowest BCUT2D eigenvalue weighted by atomic mass is 9.94. The number of hydrogen-bond acceptors (Lipinski definition) is 4. The molecule has 2 amide bonds. The number of H-pyrrole nitrogens is 1. The summed E-state index contributed by atoms with van der Waals surface area (Å²) < 4.78 is 6.28. The van der Waals surface area contributed by atoms with E-state index in [0.29, 0.717) is 32.5 Å². The molecule has 2 aliphatic rings. The number of nitrogens with zero attached hydrogens (tertiary/aromatic N) is 3. The second-order valence-corrected chi connectivity index (χ2v) is 9.44.